The van der Waals surface area contributed by atoms with Crippen molar-refractivity contribution in [3.8, 4) is 5.88 Å². The van der Waals surface area contributed by atoms with E-state index < -0.39 is 5.97 Å². The highest BCUT2D eigenvalue weighted by atomic mass is 16.5. The number of carboxylic acid groups (broad SMARTS) is 1. The lowest BCUT2D eigenvalue weighted by atomic mass is 10.1. The molecule has 0 aliphatic heterocycles. The summed E-state index contributed by atoms with van der Waals surface area (Å²) in [6.07, 6.45) is 1.68. The fourth-order valence-electron chi connectivity index (χ4n) is 1.74. The molecule has 0 unspecified atom stereocenters. The van der Waals surface area contributed by atoms with Crippen LogP contribution in [0.4, 0.5) is 5.69 Å². The molecule has 0 radical (unpaired) electrons. The van der Waals surface area contributed by atoms with Gasteiger partial charge in [0.1, 0.15) is 0 Å². The predicted octanol–water partition coefficient (Wildman–Crippen LogP) is 2.79. The number of anilines is 1. The highest BCUT2D eigenvalue weighted by Gasteiger charge is 2.05. The molecule has 1 heterocycles. The van der Waals surface area contributed by atoms with E-state index >= 15 is 0 Å². The molecule has 0 saturated heterocycles. The van der Waals surface area contributed by atoms with Gasteiger partial charge in [0.2, 0.25) is 5.88 Å². The molecule has 20 heavy (non-hydrogen) atoms. The molecule has 0 spiro atoms. The molecule has 2 rings (SSSR count). The first-order valence-electron chi connectivity index (χ1n) is 6.34. The molecule has 104 valence electrons. The van der Waals surface area contributed by atoms with Crippen LogP contribution in [0.3, 0.4) is 0 Å². The number of benzene rings is 1. The van der Waals surface area contributed by atoms with Crippen molar-refractivity contribution in [1.29, 1.82) is 0 Å². The van der Waals surface area contributed by atoms with Crippen LogP contribution in [-0.2, 0) is 6.54 Å². The van der Waals surface area contributed by atoms with Crippen LogP contribution >= 0.6 is 0 Å². The number of hydrogen-bond donors (Lipinski definition) is 2. The number of carbonyl (C=O) groups is 1. The van der Waals surface area contributed by atoms with Crippen molar-refractivity contribution in [3.63, 3.8) is 0 Å². The van der Waals surface area contributed by atoms with Gasteiger partial charge in [0.15, 0.2) is 0 Å². The van der Waals surface area contributed by atoms with Crippen LogP contribution in [0, 0.1) is 0 Å². The Morgan fingerprint density at radius 2 is 2.05 bits per heavy atom. The van der Waals surface area contributed by atoms with E-state index in [1.54, 1.807) is 30.5 Å². The van der Waals surface area contributed by atoms with Gasteiger partial charge in [0.25, 0.3) is 0 Å². The van der Waals surface area contributed by atoms with Gasteiger partial charge in [-0.15, -0.1) is 0 Å². The monoisotopic (exact) mass is 272 g/mol. The number of pyridine rings is 1. The average Bonchev–Trinajstić information content (AvgIpc) is 2.47. The van der Waals surface area contributed by atoms with Crippen LogP contribution in [0.5, 0.6) is 5.88 Å². The summed E-state index contributed by atoms with van der Waals surface area (Å²) in [6.45, 7) is 3.04. The number of nitrogens with zero attached hydrogens (tertiary/aromatic N) is 1. The van der Waals surface area contributed by atoms with E-state index in [1.807, 2.05) is 19.1 Å². The van der Waals surface area contributed by atoms with Crippen molar-refractivity contribution >= 4 is 11.7 Å². The zero-order valence-corrected chi connectivity index (χ0v) is 11.2. The second kappa shape index (κ2) is 6.56. The van der Waals surface area contributed by atoms with Crippen molar-refractivity contribution in [2.24, 2.45) is 0 Å². The third-order valence-electron chi connectivity index (χ3n) is 2.74. The normalized spacial score (nSPS) is 10.1. The Bertz CT molecular complexity index is 582. The highest BCUT2D eigenvalue weighted by molar-refractivity contribution is 5.87. The summed E-state index contributed by atoms with van der Waals surface area (Å²) < 4.78 is 5.42. The second-order valence-corrected chi connectivity index (χ2v) is 4.14. The van der Waals surface area contributed by atoms with Crippen molar-refractivity contribution in [2.45, 2.75) is 13.5 Å². The van der Waals surface area contributed by atoms with Gasteiger partial charge >= 0.3 is 5.97 Å². The fourth-order valence-corrected chi connectivity index (χ4v) is 1.74. The first-order chi connectivity index (χ1) is 9.70. The van der Waals surface area contributed by atoms with Gasteiger partial charge in [0, 0.05) is 12.7 Å². The van der Waals surface area contributed by atoms with Crippen LogP contribution in [0.1, 0.15) is 22.8 Å². The quantitative estimate of drug-likeness (QED) is 0.846. The summed E-state index contributed by atoms with van der Waals surface area (Å²) in [5.74, 6) is -0.354. The molecule has 1 aromatic carbocycles. The standard InChI is InChI=1S/C15H16N2O3/c1-2-20-14-13(4-3-9-16-14)17-10-11-5-7-12(8-6-11)15(18)19/h3-9,17H,2,10H2,1H3,(H,18,19). The van der Waals surface area contributed by atoms with Gasteiger partial charge in [-0.1, -0.05) is 12.1 Å². The molecule has 2 N–H and O–H groups in total. The van der Waals surface area contributed by atoms with E-state index in [4.69, 9.17) is 9.84 Å². The van der Waals surface area contributed by atoms with Crippen LogP contribution in [0.15, 0.2) is 42.6 Å². The van der Waals surface area contributed by atoms with E-state index in [-0.39, 0.29) is 5.56 Å². The summed E-state index contributed by atoms with van der Waals surface area (Å²) in [5, 5.41) is 12.1. The van der Waals surface area contributed by atoms with Gasteiger partial charge in [-0.3, -0.25) is 0 Å². The first-order valence-corrected chi connectivity index (χ1v) is 6.34. The maximum absolute atomic E-state index is 10.8. The van der Waals surface area contributed by atoms with Crippen molar-refractivity contribution in [2.75, 3.05) is 11.9 Å². The number of rotatable bonds is 6. The van der Waals surface area contributed by atoms with Gasteiger partial charge < -0.3 is 15.2 Å². The number of hydrogen-bond acceptors (Lipinski definition) is 4. The minimum atomic E-state index is -0.921. The molecule has 0 saturated carbocycles. The zero-order valence-electron chi connectivity index (χ0n) is 11.2. The van der Waals surface area contributed by atoms with Crippen LogP contribution in [0.25, 0.3) is 0 Å². The number of aromatic nitrogens is 1. The van der Waals surface area contributed by atoms with Gasteiger partial charge in [-0.05, 0) is 36.8 Å². The highest BCUT2D eigenvalue weighted by Crippen LogP contribution is 2.21. The van der Waals surface area contributed by atoms with Crippen LogP contribution < -0.4 is 10.1 Å². The number of aromatic carboxylic acids is 1. The van der Waals surface area contributed by atoms with E-state index in [0.29, 0.717) is 19.0 Å². The first kappa shape index (κ1) is 13.9. The average molecular weight is 272 g/mol. The van der Waals surface area contributed by atoms with Gasteiger partial charge in [-0.25, -0.2) is 9.78 Å². The lowest BCUT2D eigenvalue weighted by Crippen LogP contribution is -2.04. The molecule has 2 aromatic rings. The molecule has 0 atom stereocenters. The Kier molecular flexibility index (Phi) is 4.55. The summed E-state index contributed by atoms with van der Waals surface area (Å²) >= 11 is 0. The Morgan fingerprint density at radius 1 is 1.30 bits per heavy atom. The van der Waals surface area contributed by atoms with E-state index in [9.17, 15) is 4.79 Å². The third kappa shape index (κ3) is 3.47. The fraction of sp³-hybridized carbons (Fsp3) is 0.200. The topological polar surface area (TPSA) is 71.5 Å². The van der Waals surface area contributed by atoms with Crippen molar-refractivity contribution in [3.05, 3.63) is 53.7 Å². The smallest absolute Gasteiger partial charge is 0.335 e. The van der Waals surface area contributed by atoms with Crippen molar-refractivity contribution < 1.29 is 14.6 Å². The number of carboxylic acids is 1. The summed E-state index contributed by atoms with van der Waals surface area (Å²) in [4.78, 5) is 14.9. The van der Waals surface area contributed by atoms with Crippen LogP contribution in [0.2, 0.25) is 0 Å². The number of ether oxygens (including phenoxy) is 1. The van der Waals surface area contributed by atoms with Crippen molar-refractivity contribution in [1.82, 2.24) is 4.98 Å². The lowest BCUT2D eigenvalue weighted by Gasteiger charge is -2.11. The molecular weight excluding hydrogens is 256 g/mol. The maximum atomic E-state index is 10.8. The minimum Gasteiger partial charge on any atom is -0.478 e. The summed E-state index contributed by atoms with van der Waals surface area (Å²) in [6, 6.07) is 10.5. The molecule has 0 bridgehead atoms. The van der Waals surface area contributed by atoms with Crippen LogP contribution in [-0.4, -0.2) is 22.7 Å². The molecule has 0 aliphatic rings. The molecule has 0 amide bonds. The van der Waals surface area contributed by atoms with Gasteiger partial charge in [-0.2, -0.15) is 0 Å². The Labute approximate surface area is 117 Å². The molecule has 0 fully saturated rings. The van der Waals surface area contributed by atoms with E-state index in [1.165, 1.54) is 0 Å². The van der Waals surface area contributed by atoms with Gasteiger partial charge in [0.05, 0.1) is 17.9 Å². The van der Waals surface area contributed by atoms with E-state index in [0.717, 1.165) is 11.3 Å². The predicted molar refractivity (Wildman–Crippen MR) is 76.1 cm³/mol. The zero-order chi connectivity index (χ0) is 14.4. The maximum Gasteiger partial charge on any atom is 0.335 e. The molecular formula is C15H16N2O3. The Hall–Kier alpha value is -2.56. The Morgan fingerprint density at radius 3 is 2.70 bits per heavy atom. The minimum absolute atomic E-state index is 0.283. The SMILES string of the molecule is CCOc1ncccc1NCc1ccc(C(=O)O)cc1. The number of nitrogens with one attached hydrogen (secondary N) is 1. The lowest BCUT2D eigenvalue weighted by molar-refractivity contribution is 0.0697. The molecule has 0 aliphatic carbocycles. The second-order valence-electron chi connectivity index (χ2n) is 4.14. The third-order valence-corrected chi connectivity index (χ3v) is 2.74. The molecule has 1 aromatic heterocycles. The Balaban J connectivity index is 2.03. The van der Waals surface area contributed by atoms with E-state index in [2.05, 4.69) is 10.3 Å². The summed E-state index contributed by atoms with van der Waals surface area (Å²) in [7, 11) is 0. The molecule has 5 heteroatoms. The summed E-state index contributed by atoms with van der Waals surface area (Å²) in [5.41, 5.74) is 2.09. The largest absolute Gasteiger partial charge is 0.478 e. The molecule has 5 nitrogen and oxygen atoms in total.